The van der Waals surface area contributed by atoms with Crippen molar-refractivity contribution in [2.45, 2.75) is 38.6 Å². The van der Waals surface area contributed by atoms with Crippen molar-refractivity contribution in [1.82, 2.24) is 5.43 Å². The quantitative estimate of drug-likeness (QED) is 0.413. The van der Waals surface area contributed by atoms with Crippen molar-refractivity contribution in [3.8, 4) is 0 Å². The van der Waals surface area contributed by atoms with Crippen LogP contribution in [0.3, 0.4) is 0 Å². The maximum absolute atomic E-state index is 5.54. The Morgan fingerprint density at radius 3 is 2.50 bits per heavy atom. The van der Waals surface area contributed by atoms with E-state index in [9.17, 15) is 0 Å². The molecule has 0 unspecified atom stereocenters. The van der Waals surface area contributed by atoms with Gasteiger partial charge in [0.25, 0.3) is 0 Å². The van der Waals surface area contributed by atoms with Crippen molar-refractivity contribution in [2.24, 2.45) is 5.84 Å². The zero-order valence-electron chi connectivity index (χ0n) is 8.87. The first-order chi connectivity index (χ1) is 6.88. The lowest BCUT2D eigenvalue weighted by atomic mass is 10.0. The molecule has 1 aromatic rings. The molecule has 0 spiro atoms. The van der Waals surface area contributed by atoms with Crippen LogP contribution in [0.25, 0.3) is 0 Å². The van der Waals surface area contributed by atoms with Gasteiger partial charge in [-0.3, -0.25) is 11.3 Å². The van der Waals surface area contributed by atoms with Crippen LogP contribution < -0.4 is 11.3 Å². The smallest absolute Gasteiger partial charge is 0.0460 e. The van der Waals surface area contributed by atoms with Gasteiger partial charge < -0.3 is 0 Å². The minimum Gasteiger partial charge on any atom is -0.271 e. The van der Waals surface area contributed by atoms with E-state index in [1.165, 1.54) is 24.8 Å². The number of hydrazine groups is 1. The topological polar surface area (TPSA) is 38.0 Å². The normalized spacial score (nSPS) is 12.7. The van der Waals surface area contributed by atoms with E-state index in [0.29, 0.717) is 6.04 Å². The molecule has 0 aliphatic heterocycles. The molecule has 0 radical (unpaired) electrons. The highest BCUT2D eigenvalue weighted by atomic mass is 15.2. The van der Waals surface area contributed by atoms with Crippen LogP contribution in [-0.2, 0) is 0 Å². The summed E-state index contributed by atoms with van der Waals surface area (Å²) in [4.78, 5) is 0. The summed E-state index contributed by atoms with van der Waals surface area (Å²) in [7, 11) is 0. The number of hydrogen-bond acceptors (Lipinski definition) is 2. The highest BCUT2D eigenvalue weighted by Gasteiger charge is 2.07. The zero-order chi connectivity index (χ0) is 10.2. The Morgan fingerprint density at radius 2 is 1.93 bits per heavy atom. The molecule has 0 aromatic heterocycles. The lowest BCUT2D eigenvalue weighted by Crippen LogP contribution is -2.27. The molecular formula is C12H20N2. The molecule has 0 aliphatic rings. The second-order valence-corrected chi connectivity index (χ2v) is 3.63. The second kappa shape index (κ2) is 6.57. The maximum Gasteiger partial charge on any atom is 0.0460 e. The molecule has 0 fully saturated rings. The molecule has 1 rings (SSSR count). The molecule has 0 heterocycles. The predicted octanol–water partition coefficient (Wildman–Crippen LogP) is 2.77. The van der Waals surface area contributed by atoms with Crippen LogP contribution >= 0.6 is 0 Å². The third-order valence-electron chi connectivity index (χ3n) is 2.50. The van der Waals surface area contributed by atoms with E-state index in [1.807, 2.05) is 6.07 Å². The van der Waals surface area contributed by atoms with Crippen LogP contribution in [-0.4, -0.2) is 0 Å². The van der Waals surface area contributed by atoms with Gasteiger partial charge in [0.15, 0.2) is 0 Å². The molecule has 78 valence electrons. The second-order valence-electron chi connectivity index (χ2n) is 3.63. The SMILES string of the molecule is CCCCC[C@@H](NN)c1ccccc1. The highest BCUT2D eigenvalue weighted by molar-refractivity contribution is 5.18. The Morgan fingerprint density at radius 1 is 1.21 bits per heavy atom. The van der Waals surface area contributed by atoms with Crippen molar-refractivity contribution >= 4 is 0 Å². The van der Waals surface area contributed by atoms with E-state index < -0.39 is 0 Å². The van der Waals surface area contributed by atoms with E-state index in [0.717, 1.165) is 6.42 Å². The Bertz CT molecular complexity index is 233. The molecule has 0 saturated heterocycles. The average molecular weight is 192 g/mol. The van der Waals surface area contributed by atoms with Gasteiger partial charge in [-0.15, -0.1) is 0 Å². The Labute approximate surface area is 86.5 Å². The van der Waals surface area contributed by atoms with Gasteiger partial charge in [-0.25, -0.2) is 0 Å². The van der Waals surface area contributed by atoms with E-state index in [4.69, 9.17) is 5.84 Å². The molecule has 2 nitrogen and oxygen atoms in total. The van der Waals surface area contributed by atoms with Gasteiger partial charge in [0.05, 0.1) is 0 Å². The third-order valence-corrected chi connectivity index (χ3v) is 2.50. The summed E-state index contributed by atoms with van der Waals surface area (Å²) in [5.41, 5.74) is 4.16. The van der Waals surface area contributed by atoms with Gasteiger partial charge in [0, 0.05) is 6.04 Å². The summed E-state index contributed by atoms with van der Waals surface area (Å²) in [5, 5.41) is 0. The first-order valence-corrected chi connectivity index (χ1v) is 5.39. The zero-order valence-corrected chi connectivity index (χ0v) is 8.87. The van der Waals surface area contributed by atoms with Crippen molar-refractivity contribution < 1.29 is 0 Å². The molecule has 1 aromatic carbocycles. The summed E-state index contributed by atoms with van der Waals surface area (Å²) in [6.07, 6.45) is 4.89. The fraction of sp³-hybridized carbons (Fsp3) is 0.500. The van der Waals surface area contributed by atoms with Gasteiger partial charge in [-0.1, -0.05) is 56.5 Å². The largest absolute Gasteiger partial charge is 0.271 e. The number of rotatable bonds is 6. The van der Waals surface area contributed by atoms with Gasteiger partial charge >= 0.3 is 0 Å². The highest BCUT2D eigenvalue weighted by Crippen LogP contribution is 2.18. The van der Waals surface area contributed by atoms with Crippen molar-refractivity contribution in [3.05, 3.63) is 35.9 Å². The fourth-order valence-corrected chi connectivity index (χ4v) is 1.63. The molecule has 0 bridgehead atoms. The van der Waals surface area contributed by atoms with Gasteiger partial charge in [-0.05, 0) is 12.0 Å². The fourth-order valence-electron chi connectivity index (χ4n) is 1.63. The van der Waals surface area contributed by atoms with Crippen LogP contribution in [0.1, 0.15) is 44.2 Å². The van der Waals surface area contributed by atoms with E-state index >= 15 is 0 Å². The first-order valence-electron chi connectivity index (χ1n) is 5.39. The molecular weight excluding hydrogens is 172 g/mol. The minimum absolute atomic E-state index is 0.308. The molecule has 14 heavy (non-hydrogen) atoms. The van der Waals surface area contributed by atoms with E-state index in [1.54, 1.807) is 0 Å². The standard InChI is InChI=1S/C12H20N2/c1-2-3-5-10-12(14-13)11-8-6-4-7-9-11/h4,6-9,12,14H,2-3,5,10,13H2,1H3/t12-/m1/s1. The van der Waals surface area contributed by atoms with E-state index in [2.05, 4.69) is 36.6 Å². The van der Waals surface area contributed by atoms with Crippen LogP contribution in [0.2, 0.25) is 0 Å². The lowest BCUT2D eigenvalue weighted by molar-refractivity contribution is 0.487. The first kappa shape index (κ1) is 11.2. The number of nitrogens with one attached hydrogen (secondary N) is 1. The van der Waals surface area contributed by atoms with Gasteiger partial charge in [-0.2, -0.15) is 0 Å². The van der Waals surface area contributed by atoms with Gasteiger partial charge in [0.2, 0.25) is 0 Å². The van der Waals surface area contributed by atoms with Crippen LogP contribution in [0.4, 0.5) is 0 Å². The number of hydrogen-bond donors (Lipinski definition) is 2. The maximum atomic E-state index is 5.54. The predicted molar refractivity (Wildman–Crippen MR) is 60.6 cm³/mol. The summed E-state index contributed by atoms with van der Waals surface area (Å²) >= 11 is 0. The Kier molecular flexibility index (Phi) is 5.27. The van der Waals surface area contributed by atoms with Crippen molar-refractivity contribution in [2.75, 3.05) is 0 Å². The van der Waals surface area contributed by atoms with Crippen LogP contribution in [0, 0.1) is 0 Å². The van der Waals surface area contributed by atoms with Crippen molar-refractivity contribution in [3.63, 3.8) is 0 Å². The average Bonchev–Trinajstić information content (AvgIpc) is 2.26. The number of benzene rings is 1. The Balaban J connectivity index is 2.46. The van der Waals surface area contributed by atoms with Crippen molar-refractivity contribution in [1.29, 1.82) is 0 Å². The summed E-state index contributed by atoms with van der Waals surface area (Å²) in [6.45, 7) is 2.22. The molecule has 2 heteroatoms. The molecule has 1 atom stereocenters. The van der Waals surface area contributed by atoms with E-state index in [-0.39, 0.29) is 0 Å². The number of unbranched alkanes of at least 4 members (excludes halogenated alkanes) is 2. The summed E-state index contributed by atoms with van der Waals surface area (Å²) < 4.78 is 0. The molecule has 0 saturated carbocycles. The van der Waals surface area contributed by atoms with Gasteiger partial charge in [0.1, 0.15) is 0 Å². The molecule has 3 N–H and O–H groups in total. The summed E-state index contributed by atoms with van der Waals surface area (Å²) in [6, 6.07) is 10.7. The van der Waals surface area contributed by atoms with Crippen LogP contribution in [0.5, 0.6) is 0 Å². The lowest BCUT2D eigenvalue weighted by Gasteiger charge is -2.15. The number of nitrogens with two attached hydrogens (primary N) is 1. The molecule has 0 amide bonds. The van der Waals surface area contributed by atoms with Crippen LogP contribution in [0.15, 0.2) is 30.3 Å². The molecule has 0 aliphatic carbocycles. The Hall–Kier alpha value is -0.860. The minimum atomic E-state index is 0.308. The monoisotopic (exact) mass is 192 g/mol. The summed E-state index contributed by atoms with van der Waals surface area (Å²) in [5.74, 6) is 5.54. The third kappa shape index (κ3) is 3.48.